The van der Waals surface area contributed by atoms with Crippen molar-refractivity contribution >= 4 is 22.1 Å². The van der Waals surface area contributed by atoms with E-state index in [0.29, 0.717) is 28.1 Å². The number of hydrogen-bond acceptors (Lipinski definition) is 4. The number of furan rings is 1. The zero-order chi connectivity index (χ0) is 34.1. The first-order valence-corrected chi connectivity index (χ1v) is 12.5. The van der Waals surface area contributed by atoms with Crippen molar-refractivity contribution in [2.45, 2.75) is 20.1 Å². The molecule has 0 amide bonds. The Morgan fingerprint density at radius 3 is 2.44 bits per heavy atom. The van der Waals surface area contributed by atoms with Gasteiger partial charge < -0.3 is 14.4 Å². The largest absolute Gasteiger partial charge is 0.486 e. The van der Waals surface area contributed by atoms with Crippen molar-refractivity contribution in [3.8, 4) is 22.5 Å². The van der Waals surface area contributed by atoms with Crippen LogP contribution in [0.5, 0.6) is 0 Å². The van der Waals surface area contributed by atoms with Crippen LogP contribution in [0.25, 0.3) is 44.6 Å². The summed E-state index contributed by atoms with van der Waals surface area (Å²) in [7, 11) is 0. The van der Waals surface area contributed by atoms with Crippen LogP contribution in [0, 0.1) is 25.8 Å². The fraction of sp³-hybridized carbons (Fsp3) is 0.0833. The summed E-state index contributed by atoms with van der Waals surface area (Å²) in [6, 6.07) is 35.7. The zero-order valence-corrected chi connectivity index (χ0v) is 23.9. The number of hydrogen-bond donors (Lipinski definition) is 0. The van der Waals surface area contributed by atoms with Gasteiger partial charge in [0, 0.05) is 60.9 Å². The van der Waals surface area contributed by atoms with Crippen LogP contribution < -0.4 is 0 Å². The minimum Gasteiger partial charge on any atom is -0.486 e. The molecule has 0 saturated heterocycles. The Kier molecular flexibility index (Phi) is 6.13. The van der Waals surface area contributed by atoms with E-state index >= 15 is 0 Å². The first-order valence-electron chi connectivity index (χ1n) is 16.5. The molecule has 203 valence electrons. The number of benzene rings is 3. The minimum atomic E-state index is -2.25. The molecule has 0 atom stereocenters. The van der Waals surface area contributed by atoms with Crippen molar-refractivity contribution in [1.82, 2.24) is 15.0 Å². The molecule has 7 rings (SSSR count). The van der Waals surface area contributed by atoms with E-state index < -0.39 is 20.1 Å². The summed E-state index contributed by atoms with van der Waals surface area (Å²) in [6.45, 7) is -4.34. The van der Waals surface area contributed by atoms with Crippen molar-refractivity contribution < 1.29 is 35.5 Å². The van der Waals surface area contributed by atoms with Crippen LogP contribution in [0.2, 0.25) is 0 Å². The van der Waals surface area contributed by atoms with Gasteiger partial charge >= 0.3 is 0 Å². The molecule has 0 N–H and O–H groups in total. The second kappa shape index (κ2) is 12.8. The molecule has 0 aliphatic rings. The summed E-state index contributed by atoms with van der Waals surface area (Å²) in [5.41, 5.74) is 4.50. The average molecular weight is 718 g/mol. The van der Waals surface area contributed by atoms with E-state index in [4.69, 9.17) is 15.4 Å². The van der Waals surface area contributed by atoms with Gasteiger partial charge in [0.1, 0.15) is 0 Å². The van der Waals surface area contributed by atoms with Crippen molar-refractivity contribution in [2.75, 3.05) is 0 Å². The van der Waals surface area contributed by atoms with E-state index in [9.17, 15) is 0 Å². The SMILES string of the molecule is [2H]C([2H])([2H])c1ccc(-c2[c-]cccc2)nc1.[2H]C([2H])([2H])c1ccnc(-c2[c-]ccc3c2oc2nc(C([2H])([2H])c4ccccc4)ccc23)c1.[Ir]. The van der Waals surface area contributed by atoms with Crippen molar-refractivity contribution in [1.29, 1.82) is 0 Å². The molecule has 41 heavy (non-hydrogen) atoms. The van der Waals surface area contributed by atoms with E-state index in [1.54, 1.807) is 60.7 Å². The second-order valence-corrected chi connectivity index (χ2v) is 8.88. The van der Waals surface area contributed by atoms with E-state index in [-0.39, 0.29) is 36.9 Å². The summed E-state index contributed by atoms with van der Waals surface area (Å²) in [4.78, 5) is 12.9. The number of aryl methyl sites for hydroxylation is 2. The van der Waals surface area contributed by atoms with Crippen molar-refractivity contribution in [3.63, 3.8) is 0 Å². The minimum absolute atomic E-state index is 0. The number of nitrogens with zero attached hydrogens (tertiary/aromatic N) is 3. The van der Waals surface area contributed by atoms with Gasteiger partial charge in [-0.05, 0) is 54.4 Å². The van der Waals surface area contributed by atoms with Crippen LogP contribution >= 0.6 is 0 Å². The first-order chi connectivity index (χ1) is 22.8. The molecule has 3 aromatic carbocycles. The van der Waals surface area contributed by atoms with Gasteiger partial charge in [-0.25, -0.2) is 4.98 Å². The summed E-state index contributed by atoms with van der Waals surface area (Å²) in [5, 5.41) is 1.50. The third kappa shape index (κ3) is 6.49. The van der Waals surface area contributed by atoms with Gasteiger partial charge in [-0.1, -0.05) is 65.0 Å². The van der Waals surface area contributed by atoms with Gasteiger partial charge in [-0.15, -0.1) is 54.1 Å². The molecule has 0 unspecified atom stereocenters. The molecule has 4 heterocycles. The van der Waals surface area contributed by atoms with Crippen molar-refractivity contribution in [3.05, 3.63) is 150 Å². The quantitative estimate of drug-likeness (QED) is 0.171. The predicted octanol–water partition coefficient (Wildman–Crippen LogP) is 8.60. The maximum atomic E-state index is 8.57. The van der Waals surface area contributed by atoms with Crippen LogP contribution in [-0.4, -0.2) is 15.0 Å². The summed E-state index contributed by atoms with van der Waals surface area (Å²) in [6.07, 6.45) is 1.05. The Morgan fingerprint density at radius 2 is 1.66 bits per heavy atom. The van der Waals surface area contributed by atoms with Gasteiger partial charge in [0.2, 0.25) is 5.71 Å². The van der Waals surface area contributed by atoms with Crippen LogP contribution in [0.15, 0.2) is 120 Å². The number of fused-ring (bicyclic) bond motifs is 3. The van der Waals surface area contributed by atoms with E-state index in [1.807, 2.05) is 30.3 Å². The van der Waals surface area contributed by atoms with Crippen LogP contribution in [0.3, 0.4) is 0 Å². The molecule has 7 aromatic rings. The second-order valence-electron chi connectivity index (χ2n) is 8.88. The molecule has 0 aliphatic carbocycles. The molecule has 0 bridgehead atoms. The monoisotopic (exact) mass is 718 g/mol. The average Bonchev–Trinajstić information content (AvgIpc) is 3.47. The molecule has 0 spiro atoms. The van der Waals surface area contributed by atoms with E-state index in [0.717, 1.165) is 22.0 Å². The van der Waals surface area contributed by atoms with E-state index in [1.165, 1.54) is 24.5 Å². The third-order valence-corrected chi connectivity index (χ3v) is 6.11. The topological polar surface area (TPSA) is 51.8 Å². The van der Waals surface area contributed by atoms with Gasteiger partial charge in [-0.2, -0.15) is 0 Å². The number of rotatable bonds is 4. The van der Waals surface area contributed by atoms with Gasteiger partial charge in [0.05, 0.1) is 5.58 Å². The van der Waals surface area contributed by atoms with Crippen LogP contribution in [0.1, 0.15) is 33.4 Å². The molecular weight excluding hydrogens is 683 g/mol. The zero-order valence-electron chi connectivity index (χ0n) is 29.6. The van der Waals surface area contributed by atoms with Gasteiger partial charge in [0.25, 0.3) is 0 Å². The molecule has 4 aromatic heterocycles. The molecule has 0 saturated carbocycles. The Hall–Kier alpha value is -4.44. The van der Waals surface area contributed by atoms with Gasteiger partial charge in [0.15, 0.2) is 0 Å². The molecular formula is C36H27IrN3O-2. The van der Waals surface area contributed by atoms with E-state index in [2.05, 4.69) is 27.1 Å². The van der Waals surface area contributed by atoms with Crippen LogP contribution in [0.4, 0.5) is 0 Å². The standard InChI is InChI=1S/C24H17N2O.C12H10N.Ir/c1-16-12-13-25-22(14-16)21-9-5-8-19-20-11-10-18(26-24(20)27-23(19)21)15-17-6-3-2-4-7-17;1-10-7-8-12(13-9-10)11-5-3-2-4-6-11;/h2-8,10-14H,15H2,1H3;2-5,7-9H,1H3;/q2*-1;/i1D3,15D2;1D3;. The number of aromatic nitrogens is 3. The Balaban J connectivity index is 0.000000233. The molecule has 4 nitrogen and oxygen atoms in total. The summed E-state index contributed by atoms with van der Waals surface area (Å²) >= 11 is 0. The smallest absolute Gasteiger partial charge is 0.216 e. The summed E-state index contributed by atoms with van der Waals surface area (Å²) in [5.74, 6) is 0. The fourth-order valence-electron chi connectivity index (χ4n) is 4.22. The molecule has 0 fully saturated rings. The maximum Gasteiger partial charge on any atom is 0.216 e. The third-order valence-electron chi connectivity index (χ3n) is 6.11. The van der Waals surface area contributed by atoms with Crippen molar-refractivity contribution in [2.24, 2.45) is 0 Å². The van der Waals surface area contributed by atoms with Crippen LogP contribution in [-0.2, 0) is 26.5 Å². The normalized spacial score (nSPS) is 14.4. The molecule has 5 heteroatoms. The Labute approximate surface area is 264 Å². The maximum absolute atomic E-state index is 8.57. The van der Waals surface area contributed by atoms with Gasteiger partial charge in [-0.3, -0.25) is 0 Å². The first kappa shape index (κ1) is 19.6. The molecule has 1 radical (unpaired) electrons. The fourth-order valence-corrected chi connectivity index (χ4v) is 4.22. The summed E-state index contributed by atoms with van der Waals surface area (Å²) < 4.78 is 67.9. The predicted molar refractivity (Wildman–Crippen MR) is 161 cm³/mol. The molecule has 0 aliphatic heterocycles. The Morgan fingerprint density at radius 1 is 0.780 bits per heavy atom. The number of pyridine rings is 3. The Bertz CT molecular complexity index is 2190.